The fraction of sp³-hybridized carbons (Fsp3) is 0.400. The van der Waals surface area contributed by atoms with E-state index in [1.165, 1.54) is 30.6 Å². The van der Waals surface area contributed by atoms with Crippen LogP contribution in [-0.2, 0) is 6.54 Å². The molecule has 1 fully saturated rings. The molecular weight excluding hydrogens is 369 g/mol. The molecule has 0 aromatic carbocycles. The molecule has 0 unspecified atom stereocenters. The van der Waals surface area contributed by atoms with E-state index in [1.54, 1.807) is 11.6 Å². The standard InChI is InChI=1S/C15H19N5OS.2ClH/c16-8-14-19-12(10-22-14)15(21)18-11-4-5-13(17-9-11)20-6-2-1-3-7-20;;/h4-5,9-10H,1-3,6-8,16H2,(H,18,21);2*1H. The van der Waals surface area contributed by atoms with Gasteiger partial charge in [-0.3, -0.25) is 4.79 Å². The predicted octanol–water partition coefficient (Wildman–Crippen LogP) is 3.08. The first-order valence-electron chi connectivity index (χ1n) is 7.43. The Kier molecular flexibility index (Phi) is 8.41. The Labute approximate surface area is 157 Å². The first-order valence-corrected chi connectivity index (χ1v) is 8.31. The highest BCUT2D eigenvalue weighted by atomic mass is 35.5. The van der Waals surface area contributed by atoms with Crippen LogP contribution >= 0.6 is 36.2 Å². The second-order valence-electron chi connectivity index (χ2n) is 5.24. The average Bonchev–Trinajstić information content (AvgIpc) is 3.06. The van der Waals surface area contributed by atoms with Crippen molar-refractivity contribution in [2.75, 3.05) is 23.3 Å². The number of hydrogen-bond acceptors (Lipinski definition) is 6. The molecule has 132 valence electrons. The molecule has 1 saturated heterocycles. The van der Waals surface area contributed by atoms with Crippen LogP contribution < -0.4 is 16.0 Å². The highest BCUT2D eigenvalue weighted by molar-refractivity contribution is 7.09. The number of halogens is 2. The van der Waals surface area contributed by atoms with Crippen LogP contribution in [0.4, 0.5) is 11.5 Å². The van der Waals surface area contributed by atoms with Crippen LogP contribution in [0.15, 0.2) is 23.7 Å². The number of pyridine rings is 1. The van der Waals surface area contributed by atoms with E-state index in [9.17, 15) is 4.79 Å². The van der Waals surface area contributed by atoms with Gasteiger partial charge in [-0.1, -0.05) is 0 Å². The zero-order valence-electron chi connectivity index (χ0n) is 13.1. The van der Waals surface area contributed by atoms with Gasteiger partial charge in [-0.15, -0.1) is 36.2 Å². The molecule has 0 atom stereocenters. The number of amides is 1. The van der Waals surface area contributed by atoms with Gasteiger partial charge in [0.15, 0.2) is 0 Å². The summed E-state index contributed by atoms with van der Waals surface area (Å²) >= 11 is 1.39. The van der Waals surface area contributed by atoms with Crippen molar-refractivity contribution >= 4 is 53.6 Å². The summed E-state index contributed by atoms with van der Waals surface area (Å²) in [5.74, 6) is 0.736. The number of aromatic nitrogens is 2. The van der Waals surface area contributed by atoms with Gasteiger partial charge in [0.05, 0.1) is 11.9 Å². The van der Waals surface area contributed by atoms with Crippen molar-refractivity contribution in [3.05, 3.63) is 34.4 Å². The minimum absolute atomic E-state index is 0. The average molecular weight is 390 g/mol. The highest BCUT2D eigenvalue weighted by Crippen LogP contribution is 2.19. The van der Waals surface area contributed by atoms with Gasteiger partial charge in [-0.2, -0.15) is 0 Å². The molecule has 1 aliphatic rings. The minimum Gasteiger partial charge on any atom is -0.357 e. The summed E-state index contributed by atoms with van der Waals surface area (Å²) in [4.78, 5) is 23.0. The SMILES string of the molecule is Cl.Cl.NCc1nc(C(=O)Nc2ccc(N3CCCCC3)nc2)cs1. The normalized spacial score (nSPS) is 13.6. The van der Waals surface area contributed by atoms with Crippen LogP contribution in [-0.4, -0.2) is 29.0 Å². The van der Waals surface area contributed by atoms with E-state index < -0.39 is 0 Å². The number of rotatable bonds is 4. The van der Waals surface area contributed by atoms with Crippen LogP contribution in [0.2, 0.25) is 0 Å². The Morgan fingerprint density at radius 1 is 1.25 bits per heavy atom. The molecule has 6 nitrogen and oxygen atoms in total. The molecule has 0 bridgehead atoms. The Bertz CT molecular complexity index is 644. The predicted molar refractivity (Wildman–Crippen MR) is 103 cm³/mol. The lowest BCUT2D eigenvalue weighted by molar-refractivity contribution is 0.102. The van der Waals surface area contributed by atoms with E-state index in [-0.39, 0.29) is 30.7 Å². The molecule has 0 saturated carbocycles. The molecule has 0 aliphatic carbocycles. The van der Waals surface area contributed by atoms with Crippen molar-refractivity contribution in [2.45, 2.75) is 25.8 Å². The van der Waals surface area contributed by atoms with Gasteiger partial charge in [0.25, 0.3) is 5.91 Å². The summed E-state index contributed by atoms with van der Waals surface area (Å²) in [7, 11) is 0. The number of hydrogen-bond donors (Lipinski definition) is 2. The number of nitrogens with two attached hydrogens (primary N) is 1. The van der Waals surface area contributed by atoms with E-state index in [1.807, 2.05) is 12.1 Å². The minimum atomic E-state index is -0.233. The summed E-state index contributed by atoms with van der Waals surface area (Å²) < 4.78 is 0. The third-order valence-corrected chi connectivity index (χ3v) is 4.52. The monoisotopic (exact) mass is 389 g/mol. The largest absolute Gasteiger partial charge is 0.357 e. The van der Waals surface area contributed by atoms with Crippen molar-refractivity contribution < 1.29 is 4.79 Å². The van der Waals surface area contributed by atoms with Gasteiger partial charge < -0.3 is 16.0 Å². The molecule has 3 rings (SSSR count). The first-order chi connectivity index (χ1) is 10.8. The molecule has 1 amide bonds. The zero-order valence-corrected chi connectivity index (χ0v) is 15.6. The number of carbonyl (C=O) groups is 1. The van der Waals surface area contributed by atoms with Crippen LogP contribution in [0.1, 0.15) is 34.8 Å². The smallest absolute Gasteiger partial charge is 0.275 e. The van der Waals surface area contributed by atoms with E-state index in [0.29, 0.717) is 17.9 Å². The molecule has 0 radical (unpaired) electrons. The fourth-order valence-electron chi connectivity index (χ4n) is 2.47. The summed E-state index contributed by atoms with van der Waals surface area (Å²) in [6.07, 6.45) is 5.42. The van der Waals surface area contributed by atoms with E-state index >= 15 is 0 Å². The van der Waals surface area contributed by atoms with E-state index in [2.05, 4.69) is 20.2 Å². The Morgan fingerprint density at radius 2 is 2.00 bits per heavy atom. The number of nitrogens with one attached hydrogen (secondary N) is 1. The number of anilines is 2. The van der Waals surface area contributed by atoms with Gasteiger partial charge >= 0.3 is 0 Å². The zero-order chi connectivity index (χ0) is 15.4. The quantitative estimate of drug-likeness (QED) is 0.838. The topological polar surface area (TPSA) is 84.1 Å². The summed E-state index contributed by atoms with van der Waals surface area (Å²) in [6, 6.07) is 3.83. The van der Waals surface area contributed by atoms with Crippen molar-refractivity contribution in [1.82, 2.24) is 9.97 Å². The summed E-state index contributed by atoms with van der Waals surface area (Å²) in [6.45, 7) is 2.46. The Balaban J connectivity index is 0.00000144. The number of nitrogens with zero attached hydrogens (tertiary/aromatic N) is 3. The molecule has 2 aromatic heterocycles. The van der Waals surface area contributed by atoms with Crippen molar-refractivity contribution in [2.24, 2.45) is 5.73 Å². The second kappa shape index (κ2) is 9.78. The van der Waals surface area contributed by atoms with Crippen LogP contribution in [0.5, 0.6) is 0 Å². The fourth-order valence-corrected chi connectivity index (χ4v) is 3.13. The lowest BCUT2D eigenvalue weighted by Gasteiger charge is -2.27. The van der Waals surface area contributed by atoms with E-state index in [0.717, 1.165) is 23.9 Å². The van der Waals surface area contributed by atoms with Gasteiger partial charge in [0.2, 0.25) is 0 Å². The van der Waals surface area contributed by atoms with Crippen molar-refractivity contribution in [1.29, 1.82) is 0 Å². The van der Waals surface area contributed by atoms with Crippen LogP contribution in [0.25, 0.3) is 0 Å². The molecule has 3 heterocycles. The van der Waals surface area contributed by atoms with Crippen LogP contribution in [0.3, 0.4) is 0 Å². The maximum absolute atomic E-state index is 12.1. The molecular formula is C15H21Cl2N5OS. The van der Waals surface area contributed by atoms with Gasteiger partial charge in [0.1, 0.15) is 16.5 Å². The molecule has 3 N–H and O–H groups in total. The van der Waals surface area contributed by atoms with Gasteiger partial charge in [-0.05, 0) is 31.4 Å². The summed E-state index contributed by atoms with van der Waals surface area (Å²) in [5.41, 5.74) is 6.57. The van der Waals surface area contributed by atoms with Gasteiger partial charge in [-0.25, -0.2) is 9.97 Å². The number of carbonyl (C=O) groups excluding carboxylic acids is 1. The maximum atomic E-state index is 12.1. The first kappa shape index (κ1) is 20.6. The van der Waals surface area contributed by atoms with E-state index in [4.69, 9.17) is 5.73 Å². The maximum Gasteiger partial charge on any atom is 0.275 e. The molecule has 24 heavy (non-hydrogen) atoms. The third-order valence-electron chi connectivity index (χ3n) is 3.64. The highest BCUT2D eigenvalue weighted by Gasteiger charge is 2.13. The molecule has 1 aliphatic heterocycles. The molecule has 9 heteroatoms. The van der Waals surface area contributed by atoms with Crippen molar-refractivity contribution in [3.8, 4) is 0 Å². The Hall–Kier alpha value is -1.41. The molecule has 2 aromatic rings. The Morgan fingerprint density at radius 3 is 2.58 bits per heavy atom. The van der Waals surface area contributed by atoms with Crippen LogP contribution in [0, 0.1) is 0 Å². The lowest BCUT2D eigenvalue weighted by Crippen LogP contribution is -2.30. The third kappa shape index (κ3) is 5.04. The van der Waals surface area contributed by atoms with Crippen molar-refractivity contribution in [3.63, 3.8) is 0 Å². The summed E-state index contributed by atoms with van der Waals surface area (Å²) in [5, 5.41) is 5.28. The number of piperidine rings is 1. The lowest BCUT2D eigenvalue weighted by atomic mass is 10.1. The van der Waals surface area contributed by atoms with Gasteiger partial charge in [0, 0.05) is 25.0 Å². The number of thiazole rings is 1. The molecule has 0 spiro atoms. The second-order valence-corrected chi connectivity index (χ2v) is 6.18.